The average Bonchev–Trinajstić information content (AvgIpc) is 3.06. The van der Waals surface area contributed by atoms with Crippen LogP contribution < -0.4 is 45.1 Å². The number of benzene rings is 2. The van der Waals surface area contributed by atoms with Gasteiger partial charge in [0.25, 0.3) is 0 Å². The molecule has 11 nitrogen and oxygen atoms in total. The summed E-state index contributed by atoms with van der Waals surface area (Å²) in [5, 5.41) is 55.6. The fraction of sp³-hybridized carbons (Fsp3) is 0.238. The van der Waals surface area contributed by atoms with Crippen LogP contribution >= 0.6 is 90.4 Å². The van der Waals surface area contributed by atoms with Crippen LogP contribution in [-0.2, 0) is 20.7 Å². The van der Waals surface area contributed by atoms with Crippen LogP contribution in [0.1, 0.15) is 5.56 Å². The van der Waals surface area contributed by atoms with Crippen molar-refractivity contribution in [2.24, 2.45) is 5.73 Å². The Bertz CT molecular complexity index is 1150. The van der Waals surface area contributed by atoms with Gasteiger partial charge in [-0.3, -0.25) is 4.79 Å². The number of hydrogen-bond acceptors (Lipinski definition) is 10. The molecule has 0 aliphatic carbocycles. The number of aliphatic hydroxyl groups excluding tert-OH is 3. The normalized spacial score (nSPS) is 16.2. The zero-order valence-electron chi connectivity index (χ0n) is 18.8. The van der Waals surface area contributed by atoms with E-state index in [-0.39, 0.29) is 41.7 Å². The number of cyclic esters (lactones) is 1. The number of hydrogen-bond donors (Lipinski definition) is 6. The van der Waals surface area contributed by atoms with Crippen molar-refractivity contribution in [1.29, 1.82) is 0 Å². The summed E-state index contributed by atoms with van der Waals surface area (Å²) in [7, 11) is 0. The van der Waals surface area contributed by atoms with Crippen LogP contribution in [0.3, 0.4) is 0 Å². The maximum Gasteiger partial charge on any atom is 1.00 e. The van der Waals surface area contributed by atoms with Gasteiger partial charge >= 0.3 is 41.5 Å². The Hall–Kier alpha value is 0.120. The van der Waals surface area contributed by atoms with Crippen molar-refractivity contribution in [3.05, 3.63) is 55.6 Å². The number of ether oxygens (including phenoxy) is 2. The molecule has 2 aromatic carbocycles. The van der Waals surface area contributed by atoms with Gasteiger partial charge in [-0.2, -0.15) is 0 Å². The minimum absolute atomic E-state index is 0. The standard InChI is InChI=1S/C15H11I4NO4.C6H8O6.Na/c16-8-4-7(5-9(17)13(8)21)24-14-10(18)1-6(2-11(14)19)3-12(20)15(22)23;7-1-2(8)5-3(9)4(10)6(11)12-5;/h1-2,4-5,12,21H,3,20H2,(H,22,23);2,5,7-10H,1H2;/q;;+1/p-1/t12-;2-,5+;/m00./s1. The maximum absolute atomic E-state index is 10.9. The fourth-order valence-electron chi connectivity index (χ4n) is 2.70. The molecule has 37 heavy (non-hydrogen) atoms. The Kier molecular flexibility index (Phi) is 15.0. The van der Waals surface area contributed by atoms with Crippen molar-refractivity contribution in [1.82, 2.24) is 0 Å². The summed E-state index contributed by atoms with van der Waals surface area (Å²) in [4.78, 5) is 21.4. The molecule has 0 radical (unpaired) electrons. The first-order valence-corrected chi connectivity index (χ1v) is 14.0. The quantitative estimate of drug-likeness (QED) is 0.113. The number of phenols is 1. The molecule has 1 aliphatic rings. The third-order valence-corrected chi connectivity index (χ3v) is 7.74. The topological polar surface area (TPSA) is 203 Å². The molecule has 7 N–H and O–H groups in total. The van der Waals surface area contributed by atoms with Gasteiger partial charge in [0, 0.05) is 0 Å². The summed E-state index contributed by atoms with van der Waals surface area (Å²) in [5.74, 6) is -2.65. The van der Waals surface area contributed by atoms with Gasteiger partial charge in [0.2, 0.25) is 0 Å². The van der Waals surface area contributed by atoms with E-state index in [1.165, 1.54) is 0 Å². The van der Waals surface area contributed by atoms with Crippen molar-refractivity contribution < 1.29 is 79.3 Å². The van der Waals surface area contributed by atoms with Crippen molar-refractivity contribution in [2.75, 3.05) is 6.61 Å². The fourth-order valence-corrected chi connectivity index (χ4v) is 6.53. The van der Waals surface area contributed by atoms with E-state index < -0.39 is 48.3 Å². The molecule has 0 amide bonds. The largest absolute Gasteiger partial charge is 1.00 e. The summed E-state index contributed by atoms with van der Waals surface area (Å²) in [5.41, 5.74) is 6.44. The molecule has 0 spiro atoms. The van der Waals surface area contributed by atoms with E-state index in [0.717, 1.165) is 12.7 Å². The number of esters is 1. The van der Waals surface area contributed by atoms with Gasteiger partial charge in [0.1, 0.15) is 29.7 Å². The third kappa shape index (κ3) is 9.62. The van der Waals surface area contributed by atoms with Crippen LogP contribution in [-0.4, -0.2) is 62.3 Å². The Morgan fingerprint density at radius 3 is 2.00 bits per heavy atom. The van der Waals surface area contributed by atoms with E-state index in [9.17, 15) is 19.8 Å². The molecule has 16 heteroatoms. The number of aliphatic hydroxyl groups is 3. The van der Waals surface area contributed by atoms with Gasteiger partial charge in [-0.05, 0) is 132 Å². The van der Waals surface area contributed by atoms with Gasteiger partial charge in [0.15, 0.2) is 11.5 Å². The molecule has 2 aromatic rings. The summed E-state index contributed by atoms with van der Waals surface area (Å²) < 4.78 is 13.4. The van der Waals surface area contributed by atoms with Gasteiger partial charge < -0.3 is 45.8 Å². The number of phenolic OH excluding ortho intramolecular Hbond substituents is 1. The minimum atomic E-state index is -1.48. The molecule has 1 aliphatic heterocycles. The summed E-state index contributed by atoms with van der Waals surface area (Å²) in [6.45, 7) is -0.711. The molecule has 0 unspecified atom stereocenters. The van der Waals surface area contributed by atoms with Crippen molar-refractivity contribution in [3.8, 4) is 17.2 Å². The number of carbonyl (C=O) groups is 2. The first kappa shape index (κ1) is 35.1. The number of carbonyl (C=O) groups excluding carboxylic acids is 1. The van der Waals surface area contributed by atoms with E-state index in [1.54, 1.807) is 12.1 Å². The summed E-state index contributed by atoms with van der Waals surface area (Å²) >= 11 is 8.42. The Balaban J connectivity index is 0.000000445. The molecule has 3 rings (SSSR count). The summed E-state index contributed by atoms with van der Waals surface area (Å²) in [6.07, 6.45) is -2.69. The van der Waals surface area contributed by atoms with Gasteiger partial charge in [-0.15, -0.1) is 0 Å². The molecule has 3 atom stereocenters. The molecule has 0 bridgehead atoms. The molecule has 196 valence electrons. The van der Waals surface area contributed by atoms with Crippen LogP contribution in [0, 0.1) is 14.3 Å². The Labute approximate surface area is 287 Å². The molecule has 0 fully saturated rings. The number of rotatable bonds is 7. The Morgan fingerprint density at radius 1 is 1.08 bits per heavy atom. The van der Waals surface area contributed by atoms with E-state index in [2.05, 4.69) is 95.1 Å². The number of halogens is 4. The Morgan fingerprint density at radius 2 is 1.59 bits per heavy atom. The number of aliphatic carboxylic acids is 1. The van der Waals surface area contributed by atoms with E-state index in [4.69, 9.17) is 30.9 Å². The maximum atomic E-state index is 10.9. The van der Waals surface area contributed by atoms with Gasteiger partial charge in [-0.1, -0.05) is 0 Å². The molecular weight excluding hydrogens is 957 g/mol. The number of carboxylic acid groups (broad SMARTS) is 1. The van der Waals surface area contributed by atoms with Crippen LogP contribution in [0.15, 0.2) is 35.8 Å². The van der Waals surface area contributed by atoms with Crippen molar-refractivity contribution >= 4 is 102 Å². The molecule has 0 saturated carbocycles. The van der Waals surface area contributed by atoms with Crippen molar-refractivity contribution in [3.63, 3.8) is 0 Å². The number of carboxylic acids is 1. The zero-order chi connectivity index (χ0) is 27.3. The minimum Gasteiger partial charge on any atom is -0.870 e. The predicted molar refractivity (Wildman–Crippen MR) is 157 cm³/mol. The van der Waals surface area contributed by atoms with Crippen LogP contribution in [0.25, 0.3) is 0 Å². The molecule has 1 heterocycles. The SMILES string of the molecule is N[C@@H](Cc1cc(I)c(Oc2cc(I)c(O)c(I)c2)c(I)c1)C(=O)O.O=C1O[C@H]([C@@H](O)CO)C([O-])=C1O.[Na+]. The van der Waals surface area contributed by atoms with Gasteiger partial charge in [-0.25, -0.2) is 4.79 Å². The molecular formula is C21H18I4NNaO10. The zero-order valence-corrected chi connectivity index (χ0v) is 29.5. The third-order valence-electron chi connectivity index (χ3n) is 4.50. The summed E-state index contributed by atoms with van der Waals surface area (Å²) in [6, 6.07) is 6.34. The number of aromatic hydroxyl groups is 1. The van der Waals surface area contributed by atoms with Crippen molar-refractivity contribution in [2.45, 2.75) is 24.7 Å². The number of nitrogens with two attached hydrogens (primary N) is 1. The second-order valence-electron chi connectivity index (χ2n) is 7.16. The molecule has 0 aromatic heterocycles. The second kappa shape index (κ2) is 15.8. The second-order valence-corrected chi connectivity index (χ2v) is 11.8. The average molecular weight is 975 g/mol. The predicted octanol–water partition coefficient (Wildman–Crippen LogP) is -1.04. The van der Waals surface area contributed by atoms with E-state index in [1.807, 2.05) is 12.1 Å². The smallest absolute Gasteiger partial charge is 0.870 e. The monoisotopic (exact) mass is 975 g/mol. The van der Waals surface area contributed by atoms with Crippen LogP contribution in [0.5, 0.6) is 17.2 Å². The van der Waals surface area contributed by atoms with Crippen LogP contribution in [0.2, 0.25) is 0 Å². The van der Waals surface area contributed by atoms with Gasteiger partial charge in [0.05, 0.1) is 20.9 Å². The van der Waals surface area contributed by atoms with E-state index in [0.29, 0.717) is 18.6 Å². The first-order chi connectivity index (χ1) is 16.8. The van der Waals surface area contributed by atoms with E-state index >= 15 is 0 Å². The van der Waals surface area contributed by atoms with Crippen LogP contribution in [0.4, 0.5) is 0 Å². The first-order valence-electron chi connectivity index (χ1n) is 9.69. The molecule has 0 saturated heterocycles.